The first kappa shape index (κ1) is 15.2. The van der Waals surface area contributed by atoms with Crippen LogP contribution in [0.15, 0.2) is 24.3 Å². The summed E-state index contributed by atoms with van der Waals surface area (Å²) in [6, 6.07) is 5.99. The Morgan fingerprint density at radius 3 is 2.52 bits per heavy atom. The molecule has 112 valence electrons. The molecule has 1 unspecified atom stereocenters. The number of aromatic amines is 1. The summed E-state index contributed by atoms with van der Waals surface area (Å²) in [6.07, 6.45) is 0.694. The average molecular weight is 290 g/mol. The van der Waals surface area contributed by atoms with Crippen molar-refractivity contribution in [3.05, 3.63) is 47.3 Å². The summed E-state index contributed by atoms with van der Waals surface area (Å²) in [6.45, 7) is 6.26. The fraction of sp³-hybridized carbons (Fsp3) is 0.400. The van der Waals surface area contributed by atoms with E-state index < -0.39 is 0 Å². The Kier molecular flexibility index (Phi) is 4.67. The molecule has 0 radical (unpaired) electrons. The van der Waals surface area contributed by atoms with Gasteiger partial charge in [-0.05, 0) is 31.5 Å². The minimum absolute atomic E-state index is 0.169. The van der Waals surface area contributed by atoms with Crippen LogP contribution >= 0.6 is 0 Å². The lowest BCUT2D eigenvalue weighted by Crippen LogP contribution is -2.34. The Morgan fingerprint density at radius 2 is 2.00 bits per heavy atom. The van der Waals surface area contributed by atoms with Gasteiger partial charge in [-0.25, -0.2) is 9.37 Å². The molecule has 1 amide bonds. The predicted molar refractivity (Wildman–Crippen MR) is 77.3 cm³/mol. The van der Waals surface area contributed by atoms with Crippen LogP contribution < -0.4 is 0 Å². The lowest BCUT2D eigenvalue weighted by Gasteiger charge is -2.27. The molecule has 1 aromatic heterocycles. The molecule has 5 nitrogen and oxygen atoms in total. The quantitative estimate of drug-likeness (QED) is 0.921. The van der Waals surface area contributed by atoms with Gasteiger partial charge >= 0.3 is 0 Å². The van der Waals surface area contributed by atoms with Crippen molar-refractivity contribution in [2.24, 2.45) is 0 Å². The highest BCUT2D eigenvalue weighted by molar-refractivity contribution is 5.90. The highest BCUT2D eigenvalue weighted by Gasteiger charge is 2.24. The molecule has 2 rings (SSSR count). The third-order valence-corrected chi connectivity index (χ3v) is 3.48. The number of amides is 1. The van der Waals surface area contributed by atoms with Gasteiger partial charge in [0.1, 0.15) is 11.6 Å². The van der Waals surface area contributed by atoms with E-state index in [1.54, 1.807) is 17.0 Å². The first-order valence-electron chi connectivity index (χ1n) is 7.04. The highest BCUT2D eigenvalue weighted by atomic mass is 19.1. The van der Waals surface area contributed by atoms with Crippen molar-refractivity contribution in [1.29, 1.82) is 0 Å². The van der Waals surface area contributed by atoms with E-state index in [1.807, 2.05) is 20.8 Å². The maximum atomic E-state index is 13.0. The summed E-state index contributed by atoms with van der Waals surface area (Å²) in [5.74, 6) is 0.332. The van der Waals surface area contributed by atoms with E-state index in [1.165, 1.54) is 12.1 Å². The normalized spacial score (nSPS) is 12.2. The monoisotopic (exact) mass is 290 g/mol. The van der Waals surface area contributed by atoms with Crippen LogP contribution in [0, 0.1) is 5.82 Å². The molecule has 1 N–H and O–H groups in total. The molecule has 0 spiro atoms. The molecule has 0 saturated carbocycles. The van der Waals surface area contributed by atoms with Crippen molar-refractivity contribution in [3.8, 4) is 0 Å². The van der Waals surface area contributed by atoms with E-state index in [4.69, 9.17) is 0 Å². The standard InChI is InChI=1S/C15H19FN4O/c1-4-13-17-14(19-18-13)15(21)20(5-2)10(3)11-6-8-12(16)9-7-11/h6-10H,4-5H2,1-3H3,(H,17,18,19). The van der Waals surface area contributed by atoms with E-state index in [9.17, 15) is 9.18 Å². The van der Waals surface area contributed by atoms with Gasteiger partial charge in [-0.1, -0.05) is 19.1 Å². The molecular formula is C15H19FN4O. The molecule has 0 aliphatic rings. The SMILES string of the molecule is CCc1nc(C(=O)N(CC)C(C)c2ccc(F)cc2)n[nH]1. The van der Waals surface area contributed by atoms with E-state index in [0.717, 1.165) is 5.56 Å². The summed E-state index contributed by atoms with van der Waals surface area (Å²) < 4.78 is 13.0. The van der Waals surface area contributed by atoms with Crippen molar-refractivity contribution in [2.45, 2.75) is 33.2 Å². The number of carbonyl (C=O) groups is 1. The number of aromatic nitrogens is 3. The first-order valence-corrected chi connectivity index (χ1v) is 7.04. The zero-order valence-electron chi connectivity index (χ0n) is 12.4. The second kappa shape index (κ2) is 6.47. The topological polar surface area (TPSA) is 61.9 Å². The lowest BCUT2D eigenvalue weighted by molar-refractivity contribution is 0.0690. The van der Waals surface area contributed by atoms with Crippen molar-refractivity contribution in [1.82, 2.24) is 20.1 Å². The largest absolute Gasteiger partial charge is 0.329 e. The van der Waals surface area contributed by atoms with Gasteiger partial charge in [-0.2, -0.15) is 0 Å². The van der Waals surface area contributed by atoms with Gasteiger partial charge in [0.25, 0.3) is 5.91 Å². The zero-order chi connectivity index (χ0) is 15.4. The summed E-state index contributed by atoms with van der Waals surface area (Å²) in [7, 11) is 0. The van der Waals surface area contributed by atoms with E-state index in [-0.39, 0.29) is 23.6 Å². The molecule has 1 atom stereocenters. The molecule has 21 heavy (non-hydrogen) atoms. The molecule has 1 heterocycles. The number of carbonyl (C=O) groups excluding carboxylic acids is 1. The van der Waals surface area contributed by atoms with Crippen LogP contribution in [0.1, 0.15) is 48.8 Å². The molecule has 6 heteroatoms. The second-order valence-electron chi connectivity index (χ2n) is 4.78. The maximum Gasteiger partial charge on any atom is 0.294 e. The third kappa shape index (κ3) is 3.26. The highest BCUT2D eigenvalue weighted by Crippen LogP contribution is 2.21. The molecular weight excluding hydrogens is 271 g/mol. The molecule has 0 aliphatic heterocycles. The molecule has 0 aliphatic carbocycles. The minimum Gasteiger partial charge on any atom is -0.329 e. The number of halogens is 1. The van der Waals surface area contributed by atoms with Crippen LogP contribution in [0.25, 0.3) is 0 Å². The average Bonchev–Trinajstić information content (AvgIpc) is 2.97. The fourth-order valence-electron chi connectivity index (χ4n) is 2.19. The van der Waals surface area contributed by atoms with Crippen LogP contribution in [-0.2, 0) is 6.42 Å². The van der Waals surface area contributed by atoms with Crippen molar-refractivity contribution in [2.75, 3.05) is 6.54 Å². The van der Waals surface area contributed by atoms with Crippen LogP contribution in [0.2, 0.25) is 0 Å². The number of benzene rings is 1. The van der Waals surface area contributed by atoms with Gasteiger partial charge < -0.3 is 4.90 Å². The number of rotatable bonds is 5. The zero-order valence-corrected chi connectivity index (χ0v) is 12.4. The summed E-state index contributed by atoms with van der Waals surface area (Å²) >= 11 is 0. The van der Waals surface area contributed by atoms with Gasteiger partial charge in [-0.15, -0.1) is 5.10 Å². The third-order valence-electron chi connectivity index (χ3n) is 3.48. The smallest absolute Gasteiger partial charge is 0.294 e. The molecule has 1 aromatic carbocycles. The number of aryl methyl sites for hydroxylation is 1. The first-order chi connectivity index (χ1) is 10.1. The van der Waals surface area contributed by atoms with Crippen molar-refractivity contribution in [3.63, 3.8) is 0 Å². The Hall–Kier alpha value is -2.24. The Labute approximate surface area is 123 Å². The maximum absolute atomic E-state index is 13.0. The fourth-order valence-corrected chi connectivity index (χ4v) is 2.19. The minimum atomic E-state index is -0.290. The number of H-pyrrole nitrogens is 1. The van der Waals surface area contributed by atoms with Crippen molar-refractivity contribution < 1.29 is 9.18 Å². The summed E-state index contributed by atoms with van der Waals surface area (Å²) in [5, 5.41) is 6.70. The number of nitrogens with zero attached hydrogens (tertiary/aromatic N) is 3. The van der Waals surface area contributed by atoms with Gasteiger partial charge in [0, 0.05) is 13.0 Å². The Morgan fingerprint density at radius 1 is 1.33 bits per heavy atom. The van der Waals surface area contributed by atoms with Gasteiger partial charge in [0.05, 0.1) is 6.04 Å². The Balaban J connectivity index is 2.21. The van der Waals surface area contributed by atoms with Crippen molar-refractivity contribution >= 4 is 5.91 Å². The predicted octanol–water partition coefficient (Wildman–Crippen LogP) is 2.73. The summed E-state index contributed by atoms with van der Waals surface area (Å²) in [4.78, 5) is 18.3. The van der Waals surface area contributed by atoms with E-state index >= 15 is 0 Å². The number of hydrogen-bond acceptors (Lipinski definition) is 3. The van der Waals surface area contributed by atoms with Gasteiger partial charge in [-0.3, -0.25) is 9.89 Å². The van der Waals surface area contributed by atoms with Crippen LogP contribution in [0.4, 0.5) is 4.39 Å². The van der Waals surface area contributed by atoms with E-state index in [2.05, 4.69) is 15.2 Å². The number of hydrogen-bond donors (Lipinski definition) is 1. The molecule has 0 saturated heterocycles. The van der Waals surface area contributed by atoms with Crippen LogP contribution in [-0.4, -0.2) is 32.5 Å². The molecule has 2 aromatic rings. The van der Waals surface area contributed by atoms with Crippen LogP contribution in [0.3, 0.4) is 0 Å². The second-order valence-corrected chi connectivity index (χ2v) is 4.78. The Bertz CT molecular complexity index is 608. The number of nitrogens with one attached hydrogen (secondary N) is 1. The van der Waals surface area contributed by atoms with Gasteiger partial charge in [0.15, 0.2) is 0 Å². The van der Waals surface area contributed by atoms with Gasteiger partial charge in [0.2, 0.25) is 5.82 Å². The van der Waals surface area contributed by atoms with E-state index in [0.29, 0.717) is 18.8 Å². The van der Waals surface area contributed by atoms with Crippen LogP contribution in [0.5, 0.6) is 0 Å². The summed E-state index contributed by atoms with van der Waals surface area (Å²) in [5.41, 5.74) is 0.873. The molecule has 0 fully saturated rings. The molecule has 0 bridgehead atoms. The lowest BCUT2D eigenvalue weighted by atomic mass is 10.1.